The number of hydrogen-bond acceptors (Lipinski definition) is 4. The molecule has 0 unspecified atom stereocenters. The van der Waals surface area contributed by atoms with Gasteiger partial charge in [0.2, 0.25) is 5.91 Å². The fourth-order valence-corrected chi connectivity index (χ4v) is 1.76. The summed E-state index contributed by atoms with van der Waals surface area (Å²) in [6, 6.07) is 5.79. The highest BCUT2D eigenvalue weighted by atomic mass is 35.5. The topological polar surface area (TPSA) is 73.6 Å². The van der Waals surface area contributed by atoms with E-state index in [1.807, 2.05) is 32.0 Å². The van der Waals surface area contributed by atoms with E-state index in [9.17, 15) is 4.79 Å². The van der Waals surface area contributed by atoms with Crippen LogP contribution < -0.4 is 11.1 Å². The highest BCUT2D eigenvalue weighted by molar-refractivity contribution is 5.91. The summed E-state index contributed by atoms with van der Waals surface area (Å²) in [7, 11) is 0. The smallest absolute Gasteiger partial charge is 0.225 e. The number of ether oxygens (including phenoxy) is 2. The van der Waals surface area contributed by atoms with Gasteiger partial charge in [0, 0.05) is 25.3 Å². The maximum atomic E-state index is 11.6. The van der Waals surface area contributed by atoms with Gasteiger partial charge in [0.15, 0.2) is 0 Å². The van der Waals surface area contributed by atoms with Gasteiger partial charge in [-0.2, -0.15) is 0 Å². The van der Waals surface area contributed by atoms with Crippen molar-refractivity contribution in [1.29, 1.82) is 0 Å². The second-order valence-electron chi connectivity index (χ2n) is 4.43. The van der Waals surface area contributed by atoms with Gasteiger partial charge < -0.3 is 20.5 Å². The minimum Gasteiger partial charge on any atom is -0.379 e. The van der Waals surface area contributed by atoms with E-state index in [0.717, 1.165) is 16.8 Å². The summed E-state index contributed by atoms with van der Waals surface area (Å²) < 4.78 is 10.8. The van der Waals surface area contributed by atoms with Crippen molar-refractivity contribution >= 4 is 24.0 Å². The lowest BCUT2D eigenvalue weighted by Crippen LogP contribution is -2.17. The van der Waals surface area contributed by atoms with Crippen molar-refractivity contribution in [3.05, 3.63) is 29.3 Å². The summed E-state index contributed by atoms with van der Waals surface area (Å²) in [5.41, 5.74) is 8.26. The molecule has 0 saturated heterocycles. The Labute approximate surface area is 132 Å². The molecule has 21 heavy (non-hydrogen) atoms. The van der Waals surface area contributed by atoms with Crippen molar-refractivity contribution in [3.8, 4) is 0 Å². The van der Waals surface area contributed by atoms with Crippen LogP contribution in [0.1, 0.15) is 24.5 Å². The first-order valence-electron chi connectivity index (χ1n) is 6.93. The zero-order valence-corrected chi connectivity index (χ0v) is 13.5. The molecular formula is C15H25ClN2O3. The molecule has 0 aliphatic rings. The molecule has 1 amide bonds. The molecule has 0 fully saturated rings. The van der Waals surface area contributed by atoms with Crippen molar-refractivity contribution in [2.24, 2.45) is 5.73 Å². The van der Waals surface area contributed by atoms with E-state index in [-0.39, 0.29) is 18.3 Å². The number of amides is 1. The molecule has 1 aromatic carbocycles. The van der Waals surface area contributed by atoms with Gasteiger partial charge in [-0.05, 0) is 31.0 Å². The predicted octanol–water partition coefficient (Wildman–Crippen LogP) is 2.26. The molecule has 0 saturated carbocycles. The fraction of sp³-hybridized carbons (Fsp3) is 0.533. The third-order valence-corrected chi connectivity index (χ3v) is 2.93. The number of carbonyl (C=O) groups excluding carboxylic acids is 1. The second-order valence-corrected chi connectivity index (χ2v) is 4.43. The zero-order valence-electron chi connectivity index (χ0n) is 12.7. The zero-order chi connectivity index (χ0) is 14.8. The van der Waals surface area contributed by atoms with Gasteiger partial charge >= 0.3 is 0 Å². The van der Waals surface area contributed by atoms with Crippen molar-refractivity contribution in [3.63, 3.8) is 0 Å². The lowest BCUT2D eigenvalue weighted by atomic mass is 10.1. The number of anilines is 1. The SMILES string of the molecule is CCOCCOCc1cccc(NC(=O)CCN)c1C.Cl. The van der Waals surface area contributed by atoms with E-state index in [0.29, 0.717) is 39.4 Å². The maximum absolute atomic E-state index is 11.6. The quantitative estimate of drug-likeness (QED) is 0.685. The first-order valence-corrected chi connectivity index (χ1v) is 6.93. The minimum atomic E-state index is -0.0648. The molecule has 1 rings (SSSR count). The molecule has 6 heteroatoms. The standard InChI is InChI=1S/C15H24N2O3.ClH/c1-3-19-9-10-20-11-13-5-4-6-14(12(13)2)17-15(18)7-8-16;/h4-6H,3,7-11,16H2,1-2H3,(H,17,18);1H. The van der Waals surface area contributed by atoms with Crippen LogP contribution in [0, 0.1) is 6.92 Å². The molecule has 0 radical (unpaired) electrons. The Morgan fingerprint density at radius 3 is 2.67 bits per heavy atom. The summed E-state index contributed by atoms with van der Waals surface area (Å²) in [6.45, 7) is 6.66. The van der Waals surface area contributed by atoms with Gasteiger partial charge in [0.05, 0.1) is 19.8 Å². The number of nitrogens with two attached hydrogens (primary N) is 1. The average molecular weight is 317 g/mol. The number of halogens is 1. The molecule has 0 aliphatic heterocycles. The third kappa shape index (κ3) is 7.43. The Bertz CT molecular complexity index is 427. The molecule has 0 spiro atoms. The van der Waals surface area contributed by atoms with Crippen LogP contribution in [-0.4, -0.2) is 32.3 Å². The lowest BCUT2D eigenvalue weighted by molar-refractivity contribution is -0.116. The molecule has 3 N–H and O–H groups in total. The number of hydrogen-bond donors (Lipinski definition) is 2. The normalized spacial score (nSPS) is 10.0. The Kier molecular flexibility index (Phi) is 10.9. The third-order valence-electron chi connectivity index (χ3n) is 2.93. The van der Waals surface area contributed by atoms with Gasteiger partial charge in [-0.15, -0.1) is 12.4 Å². The molecule has 120 valence electrons. The van der Waals surface area contributed by atoms with Crippen molar-refractivity contribution in [2.75, 3.05) is 31.7 Å². The van der Waals surface area contributed by atoms with Gasteiger partial charge in [0.25, 0.3) is 0 Å². The second kappa shape index (κ2) is 11.5. The highest BCUT2D eigenvalue weighted by Gasteiger charge is 2.07. The predicted molar refractivity (Wildman–Crippen MR) is 86.9 cm³/mol. The molecule has 0 aliphatic carbocycles. The van der Waals surface area contributed by atoms with Crippen LogP contribution in [0.25, 0.3) is 0 Å². The van der Waals surface area contributed by atoms with E-state index >= 15 is 0 Å². The van der Waals surface area contributed by atoms with Crippen LogP contribution >= 0.6 is 12.4 Å². The van der Waals surface area contributed by atoms with Crippen LogP contribution in [-0.2, 0) is 20.9 Å². The molecule has 0 heterocycles. The van der Waals surface area contributed by atoms with Gasteiger partial charge in [-0.1, -0.05) is 12.1 Å². The van der Waals surface area contributed by atoms with E-state index in [1.165, 1.54) is 0 Å². The number of carbonyl (C=O) groups is 1. The van der Waals surface area contributed by atoms with Gasteiger partial charge in [-0.3, -0.25) is 4.79 Å². The summed E-state index contributed by atoms with van der Waals surface area (Å²) in [4.78, 5) is 11.6. The largest absolute Gasteiger partial charge is 0.379 e. The summed E-state index contributed by atoms with van der Waals surface area (Å²) >= 11 is 0. The number of rotatable bonds is 9. The average Bonchev–Trinajstić information content (AvgIpc) is 2.42. The Morgan fingerprint density at radius 2 is 2.00 bits per heavy atom. The Morgan fingerprint density at radius 1 is 1.29 bits per heavy atom. The van der Waals surface area contributed by atoms with Crippen LogP contribution in [0.5, 0.6) is 0 Å². The van der Waals surface area contributed by atoms with Crippen LogP contribution in [0.2, 0.25) is 0 Å². The van der Waals surface area contributed by atoms with Crippen molar-refractivity contribution in [1.82, 2.24) is 0 Å². The number of nitrogens with one attached hydrogen (secondary N) is 1. The van der Waals surface area contributed by atoms with Gasteiger partial charge in [-0.25, -0.2) is 0 Å². The summed E-state index contributed by atoms with van der Waals surface area (Å²) in [5, 5.41) is 2.86. The van der Waals surface area contributed by atoms with Crippen molar-refractivity contribution in [2.45, 2.75) is 26.9 Å². The van der Waals surface area contributed by atoms with E-state index in [4.69, 9.17) is 15.2 Å². The van der Waals surface area contributed by atoms with E-state index in [2.05, 4.69) is 5.32 Å². The molecule has 0 bridgehead atoms. The molecular weight excluding hydrogens is 292 g/mol. The summed E-state index contributed by atoms with van der Waals surface area (Å²) in [5.74, 6) is -0.0648. The number of benzene rings is 1. The molecule has 0 atom stereocenters. The monoisotopic (exact) mass is 316 g/mol. The highest BCUT2D eigenvalue weighted by Crippen LogP contribution is 2.19. The van der Waals surface area contributed by atoms with Gasteiger partial charge in [0.1, 0.15) is 0 Å². The van der Waals surface area contributed by atoms with E-state index in [1.54, 1.807) is 0 Å². The first-order chi connectivity index (χ1) is 9.69. The molecule has 5 nitrogen and oxygen atoms in total. The Hall–Kier alpha value is -1.14. The first kappa shape index (κ1) is 19.9. The van der Waals surface area contributed by atoms with Crippen LogP contribution in [0.4, 0.5) is 5.69 Å². The van der Waals surface area contributed by atoms with Crippen molar-refractivity contribution < 1.29 is 14.3 Å². The summed E-state index contributed by atoms with van der Waals surface area (Å²) in [6.07, 6.45) is 0.328. The van der Waals surface area contributed by atoms with Crippen LogP contribution in [0.3, 0.4) is 0 Å². The molecule has 0 aromatic heterocycles. The lowest BCUT2D eigenvalue weighted by Gasteiger charge is -2.12. The van der Waals surface area contributed by atoms with Crippen LogP contribution in [0.15, 0.2) is 18.2 Å². The fourth-order valence-electron chi connectivity index (χ4n) is 1.76. The Balaban J connectivity index is 0.00000400. The molecule has 1 aromatic rings. The maximum Gasteiger partial charge on any atom is 0.225 e. The minimum absolute atomic E-state index is 0. The van der Waals surface area contributed by atoms with E-state index < -0.39 is 0 Å².